The molecular weight excluding hydrogens is 112 g/mol. The predicted molar refractivity (Wildman–Crippen MR) is 40.3 cm³/mol. The molecular formula is C8H18O. The van der Waals surface area contributed by atoms with Gasteiger partial charge >= 0.3 is 0 Å². The van der Waals surface area contributed by atoms with Crippen molar-refractivity contribution in [2.24, 2.45) is 11.3 Å². The van der Waals surface area contributed by atoms with E-state index in [1.807, 2.05) is 0 Å². The Morgan fingerprint density at radius 1 is 1.44 bits per heavy atom. The molecule has 0 saturated carbocycles. The van der Waals surface area contributed by atoms with Gasteiger partial charge in [0.2, 0.25) is 0 Å². The molecule has 9 heavy (non-hydrogen) atoms. The zero-order chi connectivity index (χ0) is 7.49. The molecule has 0 radical (unpaired) electrons. The maximum atomic E-state index is 8.90. The molecule has 0 aliphatic heterocycles. The third kappa shape index (κ3) is 2.35. The number of aliphatic hydroxyl groups excluding tert-OH is 1. The molecule has 0 saturated heterocycles. The van der Waals surface area contributed by atoms with E-state index in [1.165, 1.54) is 0 Å². The zero-order valence-electron chi connectivity index (χ0n) is 6.94. The Hall–Kier alpha value is -0.0400. The topological polar surface area (TPSA) is 20.2 Å². The van der Waals surface area contributed by atoms with Crippen molar-refractivity contribution in [2.75, 3.05) is 6.61 Å². The molecule has 1 atom stereocenters. The van der Waals surface area contributed by atoms with Gasteiger partial charge in [-0.2, -0.15) is 0 Å². The van der Waals surface area contributed by atoms with E-state index in [2.05, 4.69) is 27.7 Å². The Labute approximate surface area is 58.1 Å². The lowest BCUT2D eigenvalue weighted by Gasteiger charge is -2.28. The molecule has 0 aliphatic carbocycles. The average Bonchev–Trinajstić information content (AvgIpc) is 1.86. The second-order valence-corrected chi connectivity index (χ2v) is 3.46. The highest BCUT2D eigenvalue weighted by Crippen LogP contribution is 2.27. The Bertz CT molecular complexity index is 76.6. The van der Waals surface area contributed by atoms with E-state index in [9.17, 15) is 0 Å². The third-order valence-electron chi connectivity index (χ3n) is 2.35. The summed E-state index contributed by atoms with van der Waals surface area (Å²) in [6.07, 6.45) is 1.15. The number of aliphatic hydroxyl groups is 1. The molecule has 1 nitrogen and oxygen atoms in total. The molecule has 1 heteroatoms. The van der Waals surface area contributed by atoms with Gasteiger partial charge in [-0.05, 0) is 11.3 Å². The first-order valence-electron chi connectivity index (χ1n) is 3.65. The normalized spacial score (nSPS) is 15.7. The maximum Gasteiger partial charge on any atom is 0.0484 e. The molecule has 0 amide bonds. The summed E-state index contributed by atoms with van der Waals surface area (Å²) in [5.74, 6) is 0.613. The van der Waals surface area contributed by atoms with E-state index >= 15 is 0 Å². The molecule has 0 aromatic heterocycles. The highest BCUT2D eigenvalue weighted by atomic mass is 16.3. The summed E-state index contributed by atoms with van der Waals surface area (Å²) in [6.45, 7) is 8.82. The van der Waals surface area contributed by atoms with Crippen LogP contribution < -0.4 is 0 Å². The van der Waals surface area contributed by atoms with Crippen molar-refractivity contribution in [3.05, 3.63) is 0 Å². The van der Waals surface area contributed by atoms with Crippen molar-refractivity contribution in [1.82, 2.24) is 0 Å². The van der Waals surface area contributed by atoms with Crippen LogP contribution in [0.2, 0.25) is 0 Å². The fourth-order valence-electron chi connectivity index (χ4n) is 0.708. The molecule has 0 aromatic carbocycles. The van der Waals surface area contributed by atoms with Crippen LogP contribution in [0.5, 0.6) is 0 Å². The van der Waals surface area contributed by atoms with Gasteiger partial charge in [0, 0.05) is 6.61 Å². The van der Waals surface area contributed by atoms with Crippen molar-refractivity contribution < 1.29 is 5.11 Å². The summed E-state index contributed by atoms with van der Waals surface area (Å²) in [5.41, 5.74) is 0.106. The van der Waals surface area contributed by atoms with Gasteiger partial charge in [-0.15, -0.1) is 0 Å². The van der Waals surface area contributed by atoms with Gasteiger partial charge < -0.3 is 5.11 Å². The van der Waals surface area contributed by atoms with Gasteiger partial charge in [-0.25, -0.2) is 0 Å². The van der Waals surface area contributed by atoms with Crippen molar-refractivity contribution >= 4 is 0 Å². The van der Waals surface area contributed by atoms with E-state index in [4.69, 9.17) is 5.11 Å². The first kappa shape index (κ1) is 8.96. The van der Waals surface area contributed by atoms with Gasteiger partial charge in [0.15, 0.2) is 0 Å². The van der Waals surface area contributed by atoms with Crippen LogP contribution in [0, 0.1) is 11.3 Å². The minimum absolute atomic E-state index is 0.106. The minimum Gasteiger partial charge on any atom is -0.396 e. The van der Waals surface area contributed by atoms with Gasteiger partial charge in [0.1, 0.15) is 0 Å². The first-order chi connectivity index (χ1) is 4.04. The Balaban J connectivity index is 3.80. The lowest BCUT2D eigenvalue weighted by atomic mass is 9.79. The molecule has 0 fully saturated rings. The maximum absolute atomic E-state index is 8.90. The van der Waals surface area contributed by atoms with E-state index < -0.39 is 0 Å². The highest BCUT2D eigenvalue weighted by Gasteiger charge is 2.22. The molecule has 0 spiro atoms. The van der Waals surface area contributed by atoms with Gasteiger partial charge in [-0.3, -0.25) is 0 Å². The molecule has 0 unspecified atom stereocenters. The van der Waals surface area contributed by atoms with Gasteiger partial charge in [0.05, 0.1) is 0 Å². The Morgan fingerprint density at radius 3 is 2.00 bits per heavy atom. The molecule has 0 aromatic rings. The Morgan fingerprint density at radius 2 is 1.89 bits per heavy atom. The zero-order valence-corrected chi connectivity index (χ0v) is 6.94. The van der Waals surface area contributed by atoms with E-state index in [1.54, 1.807) is 0 Å². The number of rotatable bonds is 3. The fraction of sp³-hybridized carbons (Fsp3) is 1.00. The standard InChI is InChI=1S/C8H18O/c1-5-7(2)8(3,4)6-9/h7,9H,5-6H2,1-4H3/t7-/m1/s1. The lowest BCUT2D eigenvalue weighted by molar-refractivity contribution is 0.103. The van der Waals surface area contributed by atoms with Crippen LogP contribution in [0.3, 0.4) is 0 Å². The number of hydrogen-bond donors (Lipinski definition) is 1. The Kier molecular flexibility index (Phi) is 3.20. The van der Waals surface area contributed by atoms with Crippen LogP contribution >= 0.6 is 0 Å². The summed E-state index contributed by atoms with van der Waals surface area (Å²) >= 11 is 0. The molecule has 0 heterocycles. The van der Waals surface area contributed by atoms with Crippen molar-refractivity contribution in [3.63, 3.8) is 0 Å². The molecule has 0 bridgehead atoms. The van der Waals surface area contributed by atoms with E-state index in [0.717, 1.165) is 6.42 Å². The highest BCUT2D eigenvalue weighted by molar-refractivity contribution is 4.72. The largest absolute Gasteiger partial charge is 0.396 e. The second-order valence-electron chi connectivity index (χ2n) is 3.46. The summed E-state index contributed by atoms with van der Waals surface area (Å²) < 4.78 is 0. The van der Waals surface area contributed by atoms with Crippen molar-refractivity contribution in [3.8, 4) is 0 Å². The van der Waals surface area contributed by atoms with Crippen LogP contribution in [0.1, 0.15) is 34.1 Å². The van der Waals surface area contributed by atoms with Gasteiger partial charge in [-0.1, -0.05) is 34.1 Å². The summed E-state index contributed by atoms with van der Waals surface area (Å²) in [4.78, 5) is 0. The lowest BCUT2D eigenvalue weighted by Crippen LogP contribution is -2.25. The summed E-state index contributed by atoms with van der Waals surface area (Å²) in [6, 6.07) is 0. The van der Waals surface area contributed by atoms with Crippen molar-refractivity contribution in [1.29, 1.82) is 0 Å². The van der Waals surface area contributed by atoms with Crippen LogP contribution in [-0.2, 0) is 0 Å². The molecule has 0 aliphatic rings. The predicted octanol–water partition coefficient (Wildman–Crippen LogP) is 2.05. The average molecular weight is 130 g/mol. The van der Waals surface area contributed by atoms with E-state index in [0.29, 0.717) is 12.5 Å². The van der Waals surface area contributed by atoms with Crippen LogP contribution in [0.25, 0.3) is 0 Å². The first-order valence-corrected chi connectivity index (χ1v) is 3.65. The smallest absolute Gasteiger partial charge is 0.0484 e. The molecule has 0 rings (SSSR count). The summed E-state index contributed by atoms with van der Waals surface area (Å²) in [5, 5.41) is 8.90. The van der Waals surface area contributed by atoms with Crippen LogP contribution in [0.15, 0.2) is 0 Å². The molecule has 56 valence electrons. The minimum atomic E-state index is 0.106. The monoisotopic (exact) mass is 130 g/mol. The van der Waals surface area contributed by atoms with Crippen LogP contribution in [-0.4, -0.2) is 11.7 Å². The van der Waals surface area contributed by atoms with Crippen molar-refractivity contribution in [2.45, 2.75) is 34.1 Å². The van der Waals surface area contributed by atoms with Gasteiger partial charge in [0.25, 0.3) is 0 Å². The SMILES string of the molecule is CC[C@@H](C)C(C)(C)CO. The fourth-order valence-corrected chi connectivity index (χ4v) is 0.708. The van der Waals surface area contributed by atoms with Crippen LogP contribution in [0.4, 0.5) is 0 Å². The second kappa shape index (κ2) is 3.21. The summed E-state index contributed by atoms with van der Waals surface area (Å²) in [7, 11) is 0. The van der Waals surface area contributed by atoms with E-state index in [-0.39, 0.29) is 5.41 Å². The number of hydrogen-bond acceptors (Lipinski definition) is 1. The third-order valence-corrected chi connectivity index (χ3v) is 2.35. The molecule has 1 N–H and O–H groups in total. The quantitative estimate of drug-likeness (QED) is 0.620.